The van der Waals surface area contributed by atoms with E-state index < -0.39 is 0 Å². The van der Waals surface area contributed by atoms with Crippen molar-refractivity contribution < 1.29 is 5.11 Å². The first-order valence-corrected chi connectivity index (χ1v) is 4.30. The lowest BCUT2D eigenvalue weighted by Gasteiger charge is -2.28. The Labute approximate surface area is 68.8 Å². The van der Waals surface area contributed by atoms with Crippen LogP contribution in [-0.4, -0.2) is 11.2 Å². The number of aliphatic hydroxyl groups excluding tert-OH is 1. The lowest BCUT2D eigenvalue weighted by Crippen LogP contribution is -2.28. The Morgan fingerprint density at radius 3 is 2.55 bits per heavy atom. The zero-order valence-corrected chi connectivity index (χ0v) is 7.14. The molecule has 0 heterocycles. The van der Waals surface area contributed by atoms with Crippen molar-refractivity contribution in [2.75, 3.05) is 0 Å². The van der Waals surface area contributed by atoms with Gasteiger partial charge in [-0.1, -0.05) is 19.8 Å². The van der Waals surface area contributed by atoms with Crippen LogP contribution in [0.5, 0.6) is 0 Å². The Balaban J connectivity index is 2.50. The summed E-state index contributed by atoms with van der Waals surface area (Å²) < 4.78 is 0. The van der Waals surface area contributed by atoms with Gasteiger partial charge >= 0.3 is 0 Å². The SMILES string of the molecule is C#CCC(O)C1(C)CCCC1. The molecule has 1 aliphatic rings. The van der Waals surface area contributed by atoms with Crippen LogP contribution in [-0.2, 0) is 0 Å². The van der Waals surface area contributed by atoms with E-state index in [1.807, 2.05) is 0 Å². The lowest BCUT2D eigenvalue weighted by atomic mass is 9.81. The van der Waals surface area contributed by atoms with Crippen LogP contribution in [0, 0.1) is 17.8 Å². The Morgan fingerprint density at radius 1 is 1.55 bits per heavy atom. The molecule has 1 saturated carbocycles. The molecule has 1 nitrogen and oxygen atoms in total. The van der Waals surface area contributed by atoms with Crippen LogP contribution in [0.15, 0.2) is 0 Å². The van der Waals surface area contributed by atoms with Crippen LogP contribution in [0.25, 0.3) is 0 Å². The molecule has 1 aliphatic carbocycles. The van der Waals surface area contributed by atoms with Gasteiger partial charge in [-0.25, -0.2) is 0 Å². The maximum atomic E-state index is 9.67. The monoisotopic (exact) mass is 152 g/mol. The van der Waals surface area contributed by atoms with Gasteiger partial charge in [0.1, 0.15) is 0 Å². The zero-order valence-electron chi connectivity index (χ0n) is 7.14. The van der Waals surface area contributed by atoms with E-state index in [0.29, 0.717) is 6.42 Å². The molecule has 1 atom stereocenters. The van der Waals surface area contributed by atoms with Crippen LogP contribution in [0.1, 0.15) is 39.0 Å². The first-order chi connectivity index (χ1) is 5.19. The molecule has 1 unspecified atom stereocenters. The molecule has 0 saturated heterocycles. The molecular weight excluding hydrogens is 136 g/mol. The van der Waals surface area contributed by atoms with Crippen molar-refractivity contribution >= 4 is 0 Å². The van der Waals surface area contributed by atoms with Gasteiger partial charge in [0.2, 0.25) is 0 Å². The number of rotatable bonds is 2. The Kier molecular flexibility index (Phi) is 2.57. The van der Waals surface area contributed by atoms with Gasteiger partial charge in [0, 0.05) is 6.42 Å². The molecule has 1 rings (SSSR count). The number of terminal acetylenes is 1. The second-order valence-corrected chi connectivity index (χ2v) is 3.79. The van der Waals surface area contributed by atoms with Gasteiger partial charge in [-0.15, -0.1) is 12.3 Å². The second-order valence-electron chi connectivity index (χ2n) is 3.79. The van der Waals surface area contributed by atoms with Crippen molar-refractivity contribution in [1.82, 2.24) is 0 Å². The van der Waals surface area contributed by atoms with Crippen LogP contribution in [0.3, 0.4) is 0 Å². The summed E-state index contributed by atoms with van der Waals surface area (Å²) in [5, 5.41) is 9.67. The van der Waals surface area contributed by atoms with Gasteiger partial charge in [0.05, 0.1) is 6.10 Å². The van der Waals surface area contributed by atoms with Gasteiger partial charge in [0.25, 0.3) is 0 Å². The van der Waals surface area contributed by atoms with Gasteiger partial charge in [-0.2, -0.15) is 0 Å². The van der Waals surface area contributed by atoms with E-state index >= 15 is 0 Å². The summed E-state index contributed by atoms with van der Waals surface area (Å²) in [4.78, 5) is 0. The summed E-state index contributed by atoms with van der Waals surface area (Å²) in [6.07, 6.45) is 10.1. The maximum Gasteiger partial charge on any atom is 0.0702 e. The highest BCUT2D eigenvalue weighted by molar-refractivity contribution is 4.95. The largest absolute Gasteiger partial charge is 0.392 e. The average molecular weight is 152 g/mol. The third kappa shape index (κ3) is 1.75. The van der Waals surface area contributed by atoms with E-state index in [1.54, 1.807) is 0 Å². The highest BCUT2D eigenvalue weighted by Gasteiger charge is 2.35. The van der Waals surface area contributed by atoms with Gasteiger partial charge in [-0.05, 0) is 18.3 Å². The highest BCUT2D eigenvalue weighted by atomic mass is 16.3. The van der Waals surface area contributed by atoms with Crippen LogP contribution >= 0.6 is 0 Å². The fourth-order valence-corrected chi connectivity index (χ4v) is 1.87. The highest BCUT2D eigenvalue weighted by Crippen LogP contribution is 2.41. The fraction of sp³-hybridized carbons (Fsp3) is 0.800. The third-order valence-corrected chi connectivity index (χ3v) is 2.86. The van der Waals surface area contributed by atoms with E-state index in [4.69, 9.17) is 6.42 Å². The average Bonchev–Trinajstić information content (AvgIpc) is 2.38. The second kappa shape index (κ2) is 3.28. The molecule has 0 radical (unpaired) electrons. The molecule has 0 amide bonds. The van der Waals surface area contributed by atoms with E-state index in [-0.39, 0.29) is 11.5 Å². The molecule has 1 N–H and O–H groups in total. The molecule has 0 aromatic rings. The van der Waals surface area contributed by atoms with E-state index in [2.05, 4.69) is 12.8 Å². The summed E-state index contributed by atoms with van der Waals surface area (Å²) in [6, 6.07) is 0. The van der Waals surface area contributed by atoms with Gasteiger partial charge < -0.3 is 5.11 Å². The lowest BCUT2D eigenvalue weighted by molar-refractivity contribution is 0.0463. The van der Waals surface area contributed by atoms with Crippen LogP contribution < -0.4 is 0 Å². The molecule has 0 aromatic carbocycles. The van der Waals surface area contributed by atoms with Crippen LogP contribution in [0.2, 0.25) is 0 Å². The van der Waals surface area contributed by atoms with Crippen molar-refractivity contribution in [3.05, 3.63) is 0 Å². The quantitative estimate of drug-likeness (QED) is 0.600. The van der Waals surface area contributed by atoms with Crippen molar-refractivity contribution in [1.29, 1.82) is 0 Å². The standard InChI is InChI=1S/C10H16O/c1-3-6-9(11)10(2)7-4-5-8-10/h1,9,11H,4-8H2,2H3. The molecule has 0 spiro atoms. The fourth-order valence-electron chi connectivity index (χ4n) is 1.87. The maximum absolute atomic E-state index is 9.67. The molecule has 11 heavy (non-hydrogen) atoms. The molecule has 0 aromatic heterocycles. The summed E-state index contributed by atoms with van der Waals surface area (Å²) in [5.74, 6) is 2.52. The zero-order chi connectivity index (χ0) is 8.32. The Morgan fingerprint density at radius 2 is 2.09 bits per heavy atom. The van der Waals surface area contributed by atoms with Crippen molar-refractivity contribution in [3.8, 4) is 12.3 Å². The van der Waals surface area contributed by atoms with Crippen LogP contribution in [0.4, 0.5) is 0 Å². The summed E-state index contributed by atoms with van der Waals surface area (Å²) in [7, 11) is 0. The summed E-state index contributed by atoms with van der Waals surface area (Å²) in [6.45, 7) is 2.14. The Bertz CT molecular complexity index is 160. The number of aliphatic hydroxyl groups is 1. The van der Waals surface area contributed by atoms with Gasteiger partial charge in [0.15, 0.2) is 0 Å². The van der Waals surface area contributed by atoms with Crippen molar-refractivity contribution in [3.63, 3.8) is 0 Å². The minimum Gasteiger partial charge on any atom is -0.392 e. The van der Waals surface area contributed by atoms with E-state index in [0.717, 1.165) is 12.8 Å². The number of hydrogen-bond donors (Lipinski definition) is 1. The topological polar surface area (TPSA) is 20.2 Å². The third-order valence-electron chi connectivity index (χ3n) is 2.86. The molecule has 1 fully saturated rings. The first kappa shape index (κ1) is 8.62. The predicted octanol–water partition coefficient (Wildman–Crippen LogP) is 1.95. The predicted molar refractivity (Wildman–Crippen MR) is 46.0 cm³/mol. The molecule has 0 aliphatic heterocycles. The van der Waals surface area contributed by atoms with Crippen molar-refractivity contribution in [2.45, 2.75) is 45.1 Å². The normalized spacial score (nSPS) is 24.5. The minimum absolute atomic E-state index is 0.117. The molecular formula is C10H16O. The van der Waals surface area contributed by atoms with E-state index in [1.165, 1.54) is 12.8 Å². The summed E-state index contributed by atoms with van der Waals surface area (Å²) in [5.41, 5.74) is 0.117. The molecule has 0 bridgehead atoms. The van der Waals surface area contributed by atoms with Gasteiger partial charge in [-0.3, -0.25) is 0 Å². The first-order valence-electron chi connectivity index (χ1n) is 4.30. The Hall–Kier alpha value is -0.480. The number of hydrogen-bond acceptors (Lipinski definition) is 1. The smallest absolute Gasteiger partial charge is 0.0702 e. The minimum atomic E-state index is -0.282. The summed E-state index contributed by atoms with van der Waals surface area (Å²) >= 11 is 0. The molecule has 62 valence electrons. The molecule has 1 heteroatoms. The van der Waals surface area contributed by atoms with E-state index in [9.17, 15) is 5.11 Å². The van der Waals surface area contributed by atoms with Crippen molar-refractivity contribution in [2.24, 2.45) is 5.41 Å².